The maximum atomic E-state index is 12.6. The molecular formula is C21H20N4O3. The molecule has 1 aliphatic heterocycles. The number of rotatable bonds is 4. The molecule has 1 unspecified atom stereocenters. The minimum atomic E-state index is -0.231. The SMILES string of the molecule is CC(c1cc2ccccc2[nH]1)N(C)C(=O)C=Cc1cnc2c(c1)OCC(=O)N2. The number of carbonyl (C=O) groups is 2. The molecule has 4 rings (SSSR count). The number of amides is 2. The lowest BCUT2D eigenvalue weighted by molar-refractivity contribution is -0.126. The minimum absolute atomic E-state index is 0.0362. The molecule has 0 aliphatic carbocycles. The maximum absolute atomic E-state index is 12.6. The van der Waals surface area contributed by atoms with Crippen LogP contribution in [0.1, 0.15) is 24.2 Å². The van der Waals surface area contributed by atoms with Gasteiger partial charge in [0.2, 0.25) is 5.91 Å². The van der Waals surface area contributed by atoms with Gasteiger partial charge < -0.3 is 19.9 Å². The van der Waals surface area contributed by atoms with Gasteiger partial charge in [-0.3, -0.25) is 9.59 Å². The summed E-state index contributed by atoms with van der Waals surface area (Å²) < 4.78 is 5.35. The smallest absolute Gasteiger partial charge is 0.263 e. The largest absolute Gasteiger partial charge is 0.480 e. The standard InChI is InChI=1S/C21H20N4O3/c1-13(17-10-15-5-3-4-6-16(15)23-17)25(2)20(27)8-7-14-9-18-21(22-11-14)24-19(26)12-28-18/h3-11,13,23H,12H2,1-2H3,(H,22,24,26). The van der Waals surface area contributed by atoms with Crippen LogP contribution in [0, 0.1) is 0 Å². The predicted molar refractivity (Wildman–Crippen MR) is 107 cm³/mol. The Balaban J connectivity index is 1.47. The van der Waals surface area contributed by atoms with Gasteiger partial charge in [0.25, 0.3) is 5.91 Å². The number of aromatic amines is 1. The Hall–Kier alpha value is -3.61. The van der Waals surface area contributed by atoms with Gasteiger partial charge in [-0.2, -0.15) is 0 Å². The fourth-order valence-electron chi connectivity index (χ4n) is 3.07. The number of para-hydroxylation sites is 1. The number of nitrogens with zero attached hydrogens (tertiary/aromatic N) is 2. The number of aromatic nitrogens is 2. The van der Waals surface area contributed by atoms with Crippen molar-refractivity contribution in [3.05, 3.63) is 59.9 Å². The van der Waals surface area contributed by atoms with E-state index in [0.717, 1.165) is 22.2 Å². The Morgan fingerprint density at radius 2 is 2.14 bits per heavy atom. The third-order valence-corrected chi connectivity index (χ3v) is 4.84. The maximum Gasteiger partial charge on any atom is 0.263 e. The van der Waals surface area contributed by atoms with E-state index in [2.05, 4.69) is 21.4 Å². The van der Waals surface area contributed by atoms with Crippen LogP contribution in [0.25, 0.3) is 17.0 Å². The van der Waals surface area contributed by atoms with E-state index in [1.165, 1.54) is 6.08 Å². The molecule has 0 radical (unpaired) electrons. The van der Waals surface area contributed by atoms with Gasteiger partial charge in [-0.05, 0) is 42.1 Å². The highest BCUT2D eigenvalue weighted by atomic mass is 16.5. The molecule has 3 heterocycles. The van der Waals surface area contributed by atoms with E-state index < -0.39 is 0 Å². The lowest BCUT2D eigenvalue weighted by Gasteiger charge is -2.22. The van der Waals surface area contributed by atoms with Crippen LogP contribution in [0.15, 0.2) is 48.7 Å². The first-order valence-electron chi connectivity index (χ1n) is 8.96. The summed E-state index contributed by atoms with van der Waals surface area (Å²) in [5.41, 5.74) is 2.74. The number of ether oxygens (including phenoxy) is 1. The average Bonchev–Trinajstić information content (AvgIpc) is 3.15. The van der Waals surface area contributed by atoms with Crippen molar-refractivity contribution in [1.29, 1.82) is 0 Å². The topological polar surface area (TPSA) is 87.3 Å². The number of fused-ring (bicyclic) bond motifs is 2. The Morgan fingerprint density at radius 1 is 1.32 bits per heavy atom. The molecule has 2 amide bonds. The summed E-state index contributed by atoms with van der Waals surface area (Å²) in [4.78, 5) is 33.1. The van der Waals surface area contributed by atoms with E-state index in [9.17, 15) is 9.59 Å². The molecule has 3 aromatic rings. The number of H-pyrrole nitrogens is 1. The predicted octanol–water partition coefficient (Wildman–Crippen LogP) is 3.13. The molecule has 1 aromatic carbocycles. The Labute approximate surface area is 162 Å². The van der Waals surface area contributed by atoms with Gasteiger partial charge >= 0.3 is 0 Å². The van der Waals surface area contributed by atoms with Crippen LogP contribution >= 0.6 is 0 Å². The van der Waals surface area contributed by atoms with Crippen molar-refractivity contribution in [2.24, 2.45) is 0 Å². The van der Waals surface area contributed by atoms with Gasteiger partial charge in [-0.15, -0.1) is 0 Å². The van der Waals surface area contributed by atoms with Crippen LogP contribution in [0.3, 0.4) is 0 Å². The first kappa shape index (κ1) is 17.8. The monoisotopic (exact) mass is 376 g/mol. The van der Waals surface area contributed by atoms with Crippen molar-refractivity contribution in [2.75, 3.05) is 19.0 Å². The highest BCUT2D eigenvalue weighted by Gasteiger charge is 2.18. The minimum Gasteiger partial charge on any atom is -0.480 e. The zero-order valence-corrected chi connectivity index (χ0v) is 15.6. The highest BCUT2D eigenvalue weighted by molar-refractivity contribution is 5.95. The van der Waals surface area contributed by atoms with Gasteiger partial charge in [0.15, 0.2) is 18.2 Å². The molecule has 142 valence electrons. The molecule has 2 aromatic heterocycles. The number of anilines is 1. The van der Waals surface area contributed by atoms with Gasteiger partial charge in [-0.1, -0.05) is 18.2 Å². The zero-order valence-electron chi connectivity index (χ0n) is 15.6. The van der Waals surface area contributed by atoms with Crippen LogP contribution in [-0.4, -0.2) is 40.3 Å². The van der Waals surface area contributed by atoms with Gasteiger partial charge in [-0.25, -0.2) is 4.98 Å². The van der Waals surface area contributed by atoms with Crippen molar-refractivity contribution in [1.82, 2.24) is 14.9 Å². The summed E-state index contributed by atoms with van der Waals surface area (Å²) in [5.74, 6) is 0.530. The number of nitrogens with one attached hydrogen (secondary N) is 2. The number of carbonyl (C=O) groups excluding carboxylic acids is 2. The van der Waals surface area contributed by atoms with E-state index in [1.807, 2.05) is 31.2 Å². The van der Waals surface area contributed by atoms with Crippen LogP contribution < -0.4 is 10.1 Å². The number of hydrogen-bond acceptors (Lipinski definition) is 4. The molecule has 0 saturated heterocycles. The Kier molecular flexibility index (Phi) is 4.57. The highest BCUT2D eigenvalue weighted by Crippen LogP contribution is 2.27. The van der Waals surface area contributed by atoms with E-state index in [0.29, 0.717) is 11.6 Å². The fraction of sp³-hybridized carbons (Fsp3) is 0.190. The summed E-state index contributed by atoms with van der Waals surface area (Å²) in [6.45, 7) is 1.94. The Bertz CT molecular complexity index is 1050. The zero-order chi connectivity index (χ0) is 19.7. The first-order valence-corrected chi connectivity index (χ1v) is 8.96. The number of hydrogen-bond donors (Lipinski definition) is 2. The van der Waals surface area contributed by atoms with E-state index >= 15 is 0 Å². The molecule has 7 nitrogen and oxygen atoms in total. The van der Waals surface area contributed by atoms with Gasteiger partial charge in [0, 0.05) is 30.5 Å². The molecule has 7 heteroatoms. The second-order valence-corrected chi connectivity index (χ2v) is 6.72. The van der Waals surface area contributed by atoms with Crippen molar-refractivity contribution in [2.45, 2.75) is 13.0 Å². The summed E-state index contributed by atoms with van der Waals surface area (Å²) in [7, 11) is 1.77. The summed E-state index contributed by atoms with van der Waals surface area (Å²) >= 11 is 0. The van der Waals surface area contributed by atoms with E-state index in [-0.39, 0.29) is 24.5 Å². The van der Waals surface area contributed by atoms with Crippen molar-refractivity contribution in [3.63, 3.8) is 0 Å². The summed E-state index contributed by atoms with van der Waals surface area (Å²) in [6, 6.07) is 11.7. The number of benzene rings is 1. The van der Waals surface area contributed by atoms with Crippen molar-refractivity contribution in [3.8, 4) is 5.75 Å². The second-order valence-electron chi connectivity index (χ2n) is 6.72. The van der Waals surface area contributed by atoms with Crippen LogP contribution in [0.2, 0.25) is 0 Å². The molecule has 28 heavy (non-hydrogen) atoms. The van der Waals surface area contributed by atoms with Crippen LogP contribution in [0.4, 0.5) is 5.82 Å². The number of pyridine rings is 1. The van der Waals surface area contributed by atoms with Crippen molar-refractivity contribution < 1.29 is 14.3 Å². The molecular weight excluding hydrogens is 356 g/mol. The third-order valence-electron chi connectivity index (χ3n) is 4.84. The van der Waals surface area contributed by atoms with Crippen molar-refractivity contribution >= 4 is 34.6 Å². The quantitative estimate of drug-likeness (QED) is 0.685. The lowest BCUT2D eigenvalue weighted by atomic mass is 10.2. The average molecular weight is 376 g/mol. The van der Waals surface area contributed by atoms with Crippen LogP contribution in [-0.2, 0) is 9.59 Å². The normalized spacial score (nSPS) is 14.4. The summed E-state index contributed by atoms with van der Waals surface area (Å²) in [6.07, 6.45) is 4.77. The molecule has 0 spiro atoms. The first-order chi connectivity index (χ1) is 13.5. The molecule has 0 saturated carbocycles. The lowest BCUT2D eigenvalue weighted by Crippen LogP contribution is -2.28. The molecule has 2 N–H and O–H groups in total. The Morgan fingerprint density at radius 3 is 2.96 bits per heavy atom. The number of likely N-dealkylation sites (N-methyl/N-ethyl adjacent to an activating group) is 1. The van der Waals surface area contributed by atoms with E-state index in [1.54, 1.807) is 30.3 Å². The van der Waals surface area contributed by atoms with Gasteiger partial charge in [0.1, 0.15) is 0 Å². The van der Waals surface area contributed by atoms with Gasteiger partial charge in [0.05, 0.1) is 6.04 Å². The third kappa shape index (κ3) is 3.46. The molecule has 0 bridgehead atoms. The fourth-order valence-corrected chi connectivity index (χ4v) is 3.07. The summed E-state index contributed by atoms with van der Waals surface area (Å²) in [5, 5.41) is 3.75. The molecule has 0 fully saturated rings. The van der Waals surface area contributed by atoms with E-state index in [4.69, 9.17) is 4.74 Å². The van der Waals surface area contributed by atoms with Crippen LogP contribution in [0.5, 0.6) is 5.75 Å². The molecule has 1 aliphatic rings. The second kappa shape index (κ2) is 7.19. The molecule has 1 atom stereocenters.